The van der Waals surface area contributed by atoms with Crippen LogP contribution in [0, 0.1) is 17.8 Å². The molecule has 2 atom stereocenters. The van der Waals surface area contributed by atoms with Crippen molar-refractivity contribution >= 4 is 24.2 Å². The third-order valence-electron chi connectivity index (χ3n) is 6.03. The van der Waals surface area contributed by atoms with Crippen molar-refractivity contribution in [1.29, 1.82) is 0 Å². The first-order valence-electron chi connectivity index (χ1n) is 10.5. The minimum Gasteiger partial charge on any atom is -0.469 e. The molecule has 0 amide bonds. The van der Waals surface area contributed by atoms with Crippen molar-refractivity contribution in [3.8, 4) is 0 Å². The van der Waals surface area contributed by atoms with Crippen molar-refractivity contribution in [2.75, 3.05) is 14.2 Å². The summed E-state index contributed by atoms with van der Waals surface area (Å²) < 4.78 is 9.83. The SMILES string of the molecule is COC(=O)C(C)C(c1ccc(C2CCC(C)CC2)cc1)C(C)C(=O)OC.O=C=O.O=C=O. The average molecular weight is 449 g/mol. The number of hydrogen-bond donors (Lipinski definition) is 0. The van der Waals surface area contributed by atoms with E-state index in [1.165, 1.54) is 45.5 Å². The van der Waals surface area contributed by atoms with Gasteiger partial charge in [0.05, 0.1) is 26.1 Å². The first-order chi connectivity index (χ1) is 15.2. The Morgan fingerprint density at radius 2 is 1.19 bits per heavy atom. The molecule has 2 rings (SSSR count). The molecule has 0 radical (unpaired) electrons. The minimum absolute atomic E-state index is 0.250. The molecule has 0 spiro atoms. The Morgan fingerprint density at radius 3 is 1.53 bits per heavy atom. The maximum absolute atomic E-state index is 12.1. The second-order valence-electron chi connectivity index (χ2n) is 7.94. The molecule has 0 bridgehead atoms. The zero-order valence-corrected chi connectivity index (χ0v) is 19.3. The largest absolute Gasteiger partial charge is 0.469 e. The van der Waals surface area contributed by atoms with E-state index in [0.29, 0.717) is 5.92 Å². The summed E-state index contributed by atoms with van der Waals surface area (Å²) in [5.74, 6) is -0.278. The van der Waals surface area contributed by atoms with E-state index in [0.717, 1.165) is 11.5 Å². The summed E-state index contributed by atoms with van der Waals surface area (Å²) in [6.45, 7) is 5.95. The second-order valence-corrected chi connectivity index (χ2v) is 7.94. The number of methoxy groups -OCH3 is 2. The van der Waals surface area contributed by atoms with Gasteiger partial charge in [0.1, 0.15) is 0 Å². The van der Waals surface area contributed by atoms with Gasteiger partial charge in [0, 0.05) is 5.92 Å². The van der Waals surface area contributed by atoms with Crippen LogP contribution in [0.25, 0.3) is 0 Å². The molecule has 1 aromatic rings. The maximum Gasteiger partial charge on any atom is 0.373 e. The van der Waals surface area contributed by atoms with E-state index in [-0.39, 0.29) is 30.2 Å². The van der Waals surface area contributed by atoms with Gasteiger partial charge >= 0.3 is 24.2 Å². The molecule has 1 aromatic carbocycles. The van der Waals surface area contributed by atoms with Gasteiger partial charge in [0.15, 0.2) is 0 Å². The lowest BCUT2D eigenvalue weighted by molar-refractivity contribution is -0.193. The average Bonchev–Trinajstić information content (AvgIpc) is 2.80. The van der Waals surface area contributed by atoms with Crippen LogP contribution in [0.5, 0.6) is 0 Å². The summed E-state index contributed by atoms with van der Waals surface area (Å²) in [5, 5.41) is 0. The van der Waals surface area contributed by atoms with Gasteiger partial charge in [-0.3, -0.25) is 9.59 Å². The van der Waals surface area contributed by atoms with Crippen molar-refractivity contribution < 1.29 is 38.2 Å². The zero-order valence-electron chi connectivity index (χ0n) is 19.3. The summed E-state index contributed by atoms with van der Waals surface area (Å²) in [5.41, 5.74) is 2.34. The van der Waals surface area contributed by atoms with Crippen molar-refractivity contribution in [1.82, 2.24) is 0 Å². The van der Waals surface area contributed by atoms with Crippen LogP contribution in [-0.2, 0) is 38.2 Å². The topological polar surface area (TPSA) is 121 Å². The fourth-order valence-electron chi connectivity index (χ4n) is 4.26. The highest BCUT2D eigenvalue weighted by Crippen LogP contribution is 2.38. The molecule has 0 aliphatic heterocycles. The monoisotopic (exact) mass is 448 g/mol. The molecule has 1 aliphatic rings. The van der Waals surface area contributed by atoms with Crippen molar-refractivity contribution in [2.24, 2.45) is 17.8 Å². The molecule has 0 aromatic heterocycles. The third kappa shape index (κ3) is 8.96. The molecule has 32 heavy (non-hydrogen) atoms. The standard InChI is InChI=1S/C22H32O4.2CO2/c1-14-6-8-17(9-7-14)18-10-12-19(13-11-18)20(15(2)21(23)25-4)16(3)22(24)26-5;2*2-1-3/h10-17,20H,6-9H2,1-5H3;;. The second kappa shape index (κ2) is 15.7. The van der Waals surface area contributed by atoms with Crippen LogP contribution in [0.3, 0.4) is 0 Å². The van der Waals surface area contributed by atoms with E-state index in [4.69, 9.17) is 28.7 Å². The highest BCUT2D eigenvalue weighted by molar-refractivity contribution is 5.77. The number of ether oxygens (including phenoxy) is 2. The fourth-order valence-corrected chi connectivity index (χ4v) is 4.26. The van der Waals surface area contributed by atoms with Gasteiger partial charge in [-0.25, -0.2) is 0 Å². The van der Waals surface area contributed by atoms with Crippen LogP contribution in [0.2, 0.25) is 0 Å². The lowest BCUT2D eigenvalue weighted by Gasteiger charge is -2.29. The van der Waals surface area contributed by atoms with Crippen LogP contribution in [-0.4, -0.2) is 38.5 Å². The number of benzene rings is 1. The van der Waals surface area contributed by atoms with Gasteiger partial charge in [0.2, 0.25) is 0 Å². The third-order valence-corrected chi connectivity index (χ3v) is 6.03. The Morgan fingerprint density at radius 1 is 0.812 bits per heavy atom. The van der Waals surface area contributed by atoms with Crippen molar-refractivity contribution in [3.63, 3.8) is 0 Å². The molecule has 0 saturated heterocycles. The molecular formula is C24H32O8. The molecule has 1 fully saturated rings. The first kappa shape index (κ1) is 28.9. The smallest absolute Gasteiger partial charge is 0.373 e. The normalized spacial score (nSPS) is 19.7. The van der Waals surface area contributed by atoms with Crippen molar-refractivity contribution in [3.05, 3.63) is 35.4 Å². The predicted octanol–water partition coefficient (Wildman–Crippen LogP) is 3.52. The summed E-state index contributed by atoms with van der Waals surface area (Å²) >= 11 is 0. The molecule has 0 heterocycles. The van der Waals surface area contributed by atoms with Gasteiger partial charge in [-0.05, 0) is 35.8 Å². The number of carbonyl (C=O) groups is 2. The van der Waals surface area contributed by atoms with E-state index >= 15 is 0 Å². The molecule has 1 aliphatic carbocycles. The van der Waals surface area contributed by atoms with Gasteiger partial charge < -0.3 is 9.47 Å². The summed E-state index contributed by atoms with van der Waals surface area (Å²) in [7, 11) is 2.76. The molecule has 8 nitrogen and oxygen atoms in total. The van der Waals surface area contributed by atoms with Crippen LogP contribution < -0.4 is 0 Å². The van der Waals surface area contributed by atoms with E-state index < -0.39 is 11.8 Å². The van der Waals surface area contributed by atoms with E-state index in [1.54, 1.807) is 0 Å². The Balaban J connectivity index is 0.00000144. The Kier molecular flexibility index (Phi) is 14.2. The van der Waals surface area contributed by atoms with Crippen LogP contribution in [0.15, 0.2) is 24.3 Å². The summed E-state index contributed by atoms with van der Waals surface area (Å²) in [6.07, 6.45) is 5.55. The van der Waals surface area contributed by atoms with Crippen LogP contribution >= 0.6 is 0 Å². The Labute approximate surface area is 188 Å². The van der Waals surface area contributed by atoms with Gasteiger partial charge in [-0.1, -0.05) is 57.9 Å². The van der Waals surface area contributed by atoms with Gasteiger partial charge in [-0.15, -0.1) is 0 Å². The fraction of sp³-hybridized carbons (Fsp3) is 0.583. The van der Waals surface area contributed by atoms with Crippen molar-refractivity contribution in [2.45, 2.75) is 58.3 Å². The number of hydrogen-bond acceptors (Lipinski definition) is 8. The predicted molar refractivity (Wildman–Crippen MR) is 112 cm³/mol. The van der Waals surface area contributed by atoms with E-state index in [9.17, 15) is 9.59 Å². The molecule has 0 N–H and O–H groups in total. The molecule has 2 unspecified atom stereocenters. The lowest BCUT2D eigenvalue weighted by Crippen LogP contribution is -2.30. The maximum atomic E-state index is 12.1. The highest BCUT2D eigenvalue weighted by atomic mass is 16.5. The highest BCUT2D eigenvalue weighted by Gasteiger charge is 2.35. The van der Waals surface area contributed by atoms with Gasteiger partial charge in [0.25, 0.3) is 0 Å². The lowest BCUT2D eigenvalue weighted by atomic mass is 9.76. The van der Waals surface area contributed by atoms with E-state index in [2.05, 4.69) is 31.2 Å². The number of rotatable bonds is 6. The molecule has 8 heteroatoms. The Bertz CT molecular complexity index is 732. The van der Waals surface area contributed by atoms with Crippen LogP contribution in [0.4, 0.5) is 0 Å². The number of esters is 2. The zero-order chi connectivity index (χ0) is 24.7. The molecule has 1 saturated carbocycles. The molecule has 176 valence electrons. The van der Waals surface area contributed by atoms with Gasteiger partial charge in [-0.2, -0.15) is 19.2 Å². The summed E-state index contributed by atoms with van der Waals surface area (Å²) in [4.78, 5) is 56.7. The van der Waals surface area contributed by atoms with E-state index in [1.807, 2.05) is 13.8 Å². The quantitative estimate of drug-likeness (QED) is 0.606. The minimum atomic E-state index is -0.421. The number of carbonyl (C=O) groups excluding carboxylic acids is 6. The first-order valence-corrected chi connectivity index (χ1v) is 10.5. The van der Waals surface area contributed by atoms with Crippen LogP contribution in [0.1, 0.15) is 69.4 Å². The summed E-state index contributed by atoms with van der Waals surface area (Å²) in [6, 6.07) is 8.46. The Hall–Kier alpha value is -3.08. The molecular weight excluding hydrogens is 416 g/mol.